The third kappa shape index (κ3) is 4.18. The highest BCUT2D eigenvalue weighted by atomic mass is 19.4. The standard InChI is InChI=1S/C23H23F3N6O2/c1-34-20-11-19(27-13-28-20)30-22(33)32-16-6-3-9-31(12-16)18-8-7-17(29-21(18)32)14-4-2-5-15(10-14)23(24,25)26/h2,4-5,7-8,10-11,13,16,22,33H,3,6,9,12H2,1H3,(H,27,28,30)/t16-,22?/m0/s1. The van der Waals surface area contributed by atoms with Crippen LogP contribution in [-0.4, -0.2) is 52.7 Å². The van der Waals surface area contributed by atoms with Gasteiger partial charge in [0.2, 0.25) is 12.2 Å². The molecule has 0 spiro atoms. The lowest BCUT2D eigenvalue weighted by atomic mass is 9.99. The number of aromatic nitrogens is 3. The van der Waals surface area contributed by atoms with Crippen molar-refractivity contribution in [2.45, 2.75) is 31.4 Å². The van der Waals surface area contributed by atoms with Crippen LogP contribution in [0.5, 0.6) is 5.88 Å². The van der Waals surface area contributed by atoms with E-state index < -0.39 is 18.1 Å². The number of anilines is 3. The Kier molecular flexibility index (Phi) is 5.64. The Morgan fingerprint density at radius 3 is 2.82 bits per heavy atom. The maximum Gasteiger partial charge on any atom is 0.416 e. The zero-order valence-electron chi connectivity index (χ0n) is 18.3. The third-order valence-corrected chi connectivity index (χ3v) is 6.11. The van der Waals surface area contributed by atoms with Gasteiger partial charge >= 0.3 is 6.18 Å². The van der Waals surface area contributed by atoms with E-state index in [-0.39, 0.29) is 6.04 Å². The number of alkyl halides is 3. The number of hydrogen-bond donors (Lipinski definition) is 2. The average Bonchev–Trinajstić information content (AvgIpc) is 2.83. The minimum absolute atomic E-state index is 0.0308. The highest BCUT2D eigenvalue weighted by molar-refractivity contribution is 5.76. The van der Waals surface area contributed by atoms with Gasteiger partial charge in [0.1, 0.15) is 12.1 Å². The quantitative estimate of drug-likeness (QED) is 0.544. The molecule has 2 aliphatic rings. The van der Waals surface area contributed by atoms with Gasteiger partial charge in [0.25, 0.3) is 0 Å². The molecule has 5 rings (SSSR count). The van der Waals surface area contributed by atoms with Crippen LogP contribution in [0.2, 0.25) is 0 Å². The molecule has 4 heterocycles. The Bertz CT molecular complexity index is 1190. The first-order valence-corrected chi connectivity index (χ1v) is 10.9. The summed E-state index contributed by atoms with van der Waals surface area (Å²) in [6.07, 6.45) is -2.50. The molecule has 1 unspecified atom stereocenters. The summed E-state index contributed by atoms with van der Waals surface area (Å²) in [6.45, 7) is 1.57. The number of piperidine rings is 1. The second kappa shape index (κ2) is 8.64. The monoisotopic (exact) mass is 472 g/mol. The predicted molar refractivity (Wildman–Crippen MR) is 121 cm³/mol. The number of pyridine rings is 1. The topological polar surface area (TPSA) is 86.6 Å². The molecule has 2 atom stereocenters. The molecule has 178 valence electrons. The van der Waals surface area contributed by atoms with E-state index in [1.165, 1.54) is 19.5 Å². The number of aliphatic hydroxyl groups is 1. The summed E-state index contributed by atoms with van der Waals surface area (Å²) in [5.74, 6) is 1.22. The maximum absolute atomic E-state index is 13.2. The zero-order valence-corrected chi connectivity index (χ0v) is 18.3. The minimum Gasteiger partial charge on any atom is -0.481 e. The van der Waals surface area contributed by atoms with E-state index in [0.717, 1.165) is 37.2 Å². The molecule has 1 saturated heterocycles. The van der Waals surface area contributed by atoms with Crippen molar-refractivity contribution in [3.63, 3.8) is 0 Å². The van der Waals surface area contributed by atoms with Crippen LogP contribution in [0, 0.1) is 0 Å². The number of benzene rings is 1. The van der Waals surface area contributed by atoms with Gasteiger partial charge < -0.3 is 25.0 Å². The molecule has 0 saturated carbocycles. The van der Waals surface area contributed by atoms with Crippen molar-refractivity contribution < 1.29 is 23.0 Å². The predicted octanol–water partition coefficient (Wildman–Crippen LogP) is 3.74. The second-order valence-electron chi connectivity index (χ2n) is 8.23. The summed E-state index contributed by atoms with van der Waals surface area (Å²) in [6, 6.07) is 10.2. The van der Waals surface area contributed by atoms with Gasteiger partial charge in [0.05, 0.1) is 30.1 Å². The SMILES string of the molecule is COc1cc(NC(O)N2c3nc(-c4cccc(C(F)(F)F)c4)ccc3N3CCC[C@H]2C3)ncn1. The summed E-state index contributed by atoms with van der Waals surface area (Å²) in [5.41, 5.74) is 0.840. The van der Waals surface area contributed by atoms with E-state index in [9.17, 15) is 18.3 Å². The van der Waals surface area contributed by atoms with E-state index in [0.29, 0.717) is 35.3 Å². The maximum atomic E-state index is 13.2. The summed E-state index contributed by atoms with van der Waals surface area (Å²) < 4.78 is 44.9. The number of fused-ring (bicyclic) bond motifs is 4. The Hall–Kier alpha value is -3.60. The molecule has 2 aromatic heterocycles. The molecule has 3 aromatic rings. The van der Waals surface area contributed by atoms with Crippen LogP contribution in [0.1, 0.15) is 18.4 Å². The fourth-order valence-corrected chi connectivity index (χ4v) is 4.51. The van der Waals surface area contributed by atoms with E-state index in [4.69, 9.17) is 9.72 Å². The van der Waals surface area contributed by atoms with Gasteiger partial charge in [-0.05, 0) is 37.1 Å². The summed E-state index contributed by atoms with van der Waals surface area (Å²) >= 11 is 0. The van der Waals surface area contributed by atoms with Gasteiger partial charge in [-0.25, -0.2) is 15.0 Å². The van der Waals surface area contributed by atoms with Crippen LogP contribution >= 0.6 is 0 Å². The van der Waals surface area contributed by atoms with Gasteiger partial charge in [0, 0.05) is 24.7 Å². The Morgan fingerprint density at radius 2 is 2.03 bits per heavy atom. The van der Waals surface area contributed by atoms with Crippen LogP contribution < -0.4 is 19.9 Å². The molecule has 1 aromatic carbocycles. The van der Waals surface area contributed by atoms with Crippen molar-refractivity contribution in [1.29, 1.82) is 0 Å². The molecule has 8 nitrogen and oxygen atoms in total. The number of rotatable bonds is 5. The van der Waals surface area contributed by atoms with Crippen molar-refractivity contribution in [1.82, 2.24) is 15.0 Å². The fourth-order valence-electron chi connectivity index (χ4n) is 4.51. The Balaban J connectivity index is 1.52. The third-order valence-electron chi connectivity index (χ3n) is 6.11. The molecule has 0 aliphatic carbocycles. The van der Waals surface area contributed by atoms with E-state index in [1.54, 1.807) is 23.1 Å². The number of halogens is 3. The molecule has 2 N–H and O–H groups in total. The molecule has 2 aliphatic heterocycles. The van der Waals surface area contributed by atoms with Crippen LogP contribution in [0.3, 0.4) is 0 Å². The van der Waals surface area contributed by atoms with Crippen LogP contribution in [-0.2, 0) is 6.18 Å². The van der Waals surface area contributed by atoms with Gasteiger partial charge in [-0.3, -0.25) is 0 Å². The number of nitrogens with one attached hydrogen (secondary N) is 1. The fraction of sp³-hybridized carbons (Fsp3) is 0.348. The lowest BCUT2D eigenvalue weighted by Crippen LogP contribution is -2.58. The van der Waals surface area contributed by atoms with Crippen LogP contribution in [0.4, 0.5) is 30.5 Å². The van der Waals surface area contributed by atoms with Crippen LogP contribution in [0.25, 0.3) is 11.3 Å². The van der Waals surface area contributed by atoms with Gasteiger partial charge in [-0.2, -0.15) is 13.2 Å². The Labute approximate surface area is 194 Å². The minimum atomic E-state index is -4.45. The first-order valence-electron chi connectivity index (χ1n) is 10.9. The van der Waals surface area contributed by atoms with Gasteiger partial charge in [0.15, 0.2) is 5.82 Å². The highest BCUT2D eigenvalue weighted by Gasteiger charge is 2.38. The average molecular weight is 472 g/mol. The first-order chi connectivity index (χ1) is 16.3. The number of hydrogen-bond acceptors (Lipinski definition) is 8. The molecule has 2 bridgehead atoms. The lowest BCUT2D eigenvalue weighted by Gasteiger charge is -2.48. The van der Waals surface area contributed by atoms with E-state index in [2.05, 4.69) is 20.2 Å². The number of aliphatic hydroxyl groups excluding tert-OH is 1. The molecule has 1 fully saturated rings. The van der Waals surface area contributed by atoms with Gasteiger partial charge in [-0.15, -0.1) is 0 Å². The molecule has 11 heteroatoms. The van der Waals surface area contributed by atoms with Crippen molar-refractivity contribution >= 4 is 17.3 Å². The van der Waals surface area contributed by atoms with Gasteiger partial charge in [-0.1, -0.05) is 12.1 Å². The molecular formula is C23H23F3N6O2. The number of methoxy groups -OCH3 is 1. The first kappa shape index (κ1) is 22.2. The smallest absolute Gasteiger partial charge is 0.416 e. The largest absolute Gasteiger partial charge is 0.481 e. The van der Waals surface area contributed by atoms with E-state index >= 15 is 0 Å². The zero-order chi connectivity index (χ0) is 23.9. The van der Waals surface area contributed by atoms with E-state index in [1.807, 2.05) is 6.07 Å². The summed E-state index contributed by atoms with van der Waals surface area (Å²) in [4.78, 5) is 16.8. The lowest BCUT2D eigenvalue weighted by molar-refractivity contribution is -0.137. The van der Waals surface area contributed by atoms with Crippen molar-refractivity contribution in [3.8, 4) is 17.1 Å². The van der Waals surface area contributed by atoms with Crippen LogP contribution in [0.15, 0.2) is 48.8 Å². The molecule has 0 amide bonds. The molecular weight excluding hydrogens is 449 g/mol. The second-order valence-corrected chi connectivity index (χ2v) is 8.23. The Morgan fingerprint density at radius 1 is 1.18 bits per heavy atom. The number of nitrogens with zero attached hydrogens (tertiary/aromatic N) is 5. The number of ether oxygens (including phenoxy) is 1. The molecule has 0 radical (unpaired) electrons. The van der Waals surface area contributed by atoms with Crippen molar-refractivity contribution in [2.24, 2.45) is 0 Å². The summed E-state index contributed by atoms with van der Waals surface area (Å²) in [7, 11) is 1.49. The molecule has 34 heavy (non-hydrogen) atoms. The van der Waals surface area contributed by atoms with Crippen molar-refractivity contribution in [2.75, 3.05) is 35.3 Å². The normalized spacial score (nSPS) is 18.3. The van der Waals surface area contributed by atoms with Crippen molar-refractivity contribution in [3.05, 3.63) is 54.4 Å². The summed E-state index contributed by atoms with van der Waals surface area (Å²) in [5, 5.41) is 14.1. The highest BCUT2D eigenvalue weighted by Crippen LogP contribution is 2.40.